The van der Waals surface area contributed by atoms with Gasteiger partial charge in [-0.3, -0.25) is 0 Å². The maximum absolute atomic E-state index is 10.8. The van der Waals surface area contributed by atoms with Crippen LogP contribution >= 0.6 is 12.2 Å². The van der Waals surface area contributed by atoms with Crippen LogP contribution in [0.4, 0.5) is 0 Å². The van der Waals surface area contributed by atoms with Gasteiger partial charge in [-0.15, -0.1) is 0 Å². The van der Waals surface area contributed by atoms with E-state index < -0.39 is 0 Å². The van der Waals surface area contributed by atoms with Crippen LogP contribution in [0.2, 0.25) is 0 Å². The molecule has 0 heterocycles. The molecule has 1 aromatic carbocycles. The van der Waals surface area contributed by atoms with Gasteiger partial charge in [-0.1, -0.05) is 13.0 Å². The second-order valence-electron chi connectivity index (χ2n) is 8.79. The van der Waals surface area contributed by atoms with E-state index in [1.807, 2.05) is 19.1 Å². The van der Waals surface area contributed by atoms with Crippen molar-refractivity contribution in [1.29, 1.82) is 0 Å². The van der Waals surface area contributed by atoms with E-state index in [2.05, 4.69) is 13.0 Å². The smallest absolute Gasteiger partial charge is 0.159 e. The van der Waals surface area contributed by atoms with E-state index in [1.165, 1.54) is 11.1 Å². The first kappa shape index (κ1) is 18.2. The van der Waals surface area contributed by atoms with Crippen molar-refractivity contribution in [2.45, 2.75) is 64.4 Å². The van der Waals surface area contributed by atoms with Crippen molar-refractivity contribution in [2.75, 3.05) is 6.61 Å². The molecule has 26 heavy (non-hydrogen) atoms. The SMILES string of the molecule is CCOC(=S)C[C@H]1C[C@]2(C)[C@@H](O)CC[C@H]2[C@@H]2CCc3cc(O)ccc3[C@@H]12. The highest BCUT2D eigenvalue weighted by Gasteiger charge is 2.57. The van der Waals surface area contributed by atoms with Gasteiger partial charge in [0.1, 0.15) is 5.75 Å². The number of aromatic hydroxyl groups is 1. The van der Waals surface area contributed by atoms with Crippen LogP contribution in [-0.4, -0.2) is 28.0 Å². The molecule has 2 N–H and O–H groups in total. The normalized spacial score (nSPS) is 38.2. The van der Waals surface area contributed by atoms with Gasteiger partial charge in [-0.25, -0.2) is 0 Å². The molecule has 4 rings (SSSR count). The predicted molar refractivity (Wildman–Crippen MR) is 106 cm³/mol. The Labute approximate surface area is 161 Å². The molecule has 0 aromatic heterocycles. The van der Waals surface area contributed by atoms with E-state index in [-0.39, 0.29) is 11.5 Å². The Balaban J connectivity index is 1.73. The molecule has 142 valence electrons. The average Bonchev–Trinajstić information content (AvgIpc) is 2.89. The molecule has 2 saturated carbocycles. The first-order chi connectivity index (χ1) is 12.4. The number of ether oxygens (including phenoxy) is 1. The summed E-state index contributed by atoms with van der Waals surface area (Å²) >= 11 is 5.51. The van der Waals surface area contributed by atoms with Gasteiger partial charge in [-0.2, -0.15) is 0 Å². The number of rotatable bonds is 3. The van der Waals surface area contributed by atoms with Gasteiger partial charge in [0.25, 0.3) is 0 Å². The lowest BCUT2D eigenvalue weighted by Gasteiger charge is -2.53. The molecule has 3 nitrogen and oxygen atoms in total. The molecule has 3 aliphatic rings. The van der Waals surface area contributed by atoms with Crippen LogP contribution in [0.3, 0.4) is 0 Å². The van der Waals surface area contributed by atoms with E-state index in [1.54, 1.807) is 0 Å². The van der Waals surface area contributed by atoms with Gasteiger partial charge < -0.3 is 14.9 Å². The summed E-state index contributed by atoms with van der Waals surface area (Å²) in [6.45, 7) is 4.90. The Morgan fingerprint density at radius 3 is 2.88 bits per heavy atom. The fraction of sp³-hybridized carbons (Fsp3) is 0.682. The Bertz CT molecular complexity index is 703. The zero-order valence-corrected chi connectivity index (χ0v) is 16.6. The fourth-order valence-corrected chi connectivity index (χ4v) is 6.81. The maximum Gasteiger partial charge on any atom is 0.159 e. The van der Waals surface area contributed by atoms with E-state index in [0.717, 1.165) is 38.5 Å². The number of hydrogen-bond acceptors (Lipinski definition) is 4. The number of fused-ring (bicyclic) bond motifs is 5. The molecular weight excluding hydrogens is 344 g/mol. The Morgan fingerprint density at radius 2 is 2.12 bits per heavy atom. The van der Waals surface area contributed by atoms with Crippen molar-refractivity contribution in [3.63, 3.8) is 0 Å². The number of benzene rings is 1. The third-order valence-corrected chi connectivity index (χ3v) is 7.80. The number of aryl methyl sites for hydroxylation is 1. The molecule has 0 saturated heterocycles. The number of aliphatic hydroxyl groups is 1. The molecule has 0 unspecified atom stereocenters. The lowest BCUT2D eigenvalue weighted by Crippen LogP contribution is -2.48. The van der Waals surface area contributed by atoms with Crippen LogP contribution in [-0.2, 0) is 11.2 Å². The minimum absolute atomic E-state index is 0.00207. The highest BCUT2D eigenvalue weighted by atomic mass is 32.1. The predicted octanol–water partition coefficient (Wildman–Crippen LogP) is 4.59. The number of phenolic OH excluding ortho intramolecular Hbond substituents is 1. The molecule has 0 amide bonds. The standard InChI is InChI=1S/C22H30O3S/c1-3-25-20(26)11-14-12-22(2)18(8-9-19(22)24)17-6-4-13-10-15(23)5-7-16(13)21(14)17/h5,7,10,14,17-19,21,23-24H,3-4,6,8-9,11-12H2,1-2H3/t14-,17-,18-,19-,21+,22-/m0/s1. The summed E-state index contributed by atoms with van der Waals surface area (Å²) in [7, 11) is 0. The zero-order valence-electron chi connectivity index (χ0n) is 15.8. The lowest BCUT2D eigenvalue weighted by molar-refractivity contribution is -0.0472. The molecule has 6 atom stereocenters. The maximum atomic E-state index is 10.8. The average molecular weight is 375 g/mol. The number of thiocarbonyl (C=S) groups is 1. The molecule has 3 aliphatic carbocycles. The van der Waals surface area contributed by atoms with Gasteiger partial charge in [0.05, 0.1) is 12.7 Å². The van der Waals surface area contributed by atoms with E-state index in [4.69, 9.17) is 17.0 Å². The first-order valence-corrected chi connectivity index (χ1v) is 10.5. The molecule has 0 bridgehead atoms. The molecule has 2 fully saturated rings. The van der Waals surface area contributed by atoms with Gasteiger partial charge in [-0.05, 0) is 104 Å². The van der Waals surface area contributed by atoms with Gasteiger partial charge >= 0.3 is 0 Å². The third-order valence-electron chi connectivity index (χ3n) is 7.51. The van der Waals surface area contributed by atoms with Crippen molar-refractivity contribution in [2.24, 2.45) is 23.2 Å². The summed E-state index contributed by atoms with van der Waals surface area (Å²) in [6.07, 6.45) is 5.83. The van der Waals surface area contributed by atoms with Crippen LogP contribution in [0.25, 0.3) is 0 Å². The molecule has 0 radical (unpaired) electrons. The first-order valence-electron chi connectivity index (χ1n) is 10.1. The monoisotopic (exact) mass is 374 g/mol. The second-order valence-corrected chi connectivity index (χ2v) is 9.25. The van der Waals surface area contributed by atoms with Crippen LogP contribution in [0, 0.1) is 23.2 Å². The van der Waals surface area contributed by atoms with Gasteiger partial charge in [0, 0.05) is 6.42 Å². The van der Waals surface area contributed by atoms with Crippen LogP contribution in [0.5, 0.6) is 5.75 Å². The lowest BCUT2D eigenvalue weighted by atomic mass is 9.51. The highest BCUT2D eigenvalue weighted by molar-refractivity contribution is 7.80. The van der Waals surface area contributed by atoms with Crippen molar-refractivity contribution in [1.82, 2.24) is 0 Å². The summed E-state index contributed by atoms with van der Waals surface area (Å²) in [5.41, 5.74) is 2.69. The fourth-order valence-electron chi connectivity index (χ4n) is 6.48. The quantitative estimate of drug-likeness (QED) is 0.760. The van der Waals surface area contributed by atoms with Crippen molar-refractivity contribution in [3.05, 3.63) is 29.3 Å². The van der Waals surface area contributed by atoms with E-state index in [9.17, 15) is 10.2 Å². The van der Waals surface area contributed by atoms with Gasteiger partial charge in [0.2, 0.25) is 0 Å². The van der Waals surface area contributed by atoms with E-state index in [0.29, 0.717) is 41.1 Å². The van der Waals surface area contributed by atoms with Crippen LogP contribution in [0.15, 0.2) is 18.2 Å². The third kappa shape index (κ3) is 2.86. The van der Waals surface area contributed by atoms with E-state index >= 15 is 0 Å². The highest BCUT2D eigenvalue weighted by Crippen LogP contribution is 2.63. The number of aliphatic hydroxyl groups excluding tert-OH is 1. The molecule has 0 spiro atoms. The molecular formula is C22H30O3S. The molecule has 0 aliphatic heterocycles. The number of phenols is 1. The Kier molecular flexibility index (Phi) is 4.77. The second kappa shape index (κ2) is 6.79. The van der Waals surface area contributed by atoms with Crippen molar-refractivity contribution < 1.29 is 14.9 Å². The van der Waals surface area contributed by atoms with Crippen molar-refractivity contribution in [3.8, 4) is 5.75 Å². The summed E-state index contributed by atoms with van der Waals surface area (Å²) in [6, 6.07) is 5.91. The molecule has 1 aromatic rings. The van der Waals surface area contributed by atoms with Gasteiger partial charge in [0.15, 0.2) is 5.05 Å². The number of hydrogen-bond donors (Lipinski definition) is 2. The summed E-state index contributed by atoms with van der Waals surface area (Å²) in [5.74, 6) is 2.40. The summed E-state index contributed by atoms with van der Waals surface area (Å²) in [5, 5.41) is 21.4. The zero-order chi connectivity index (χ0) is 18.5. The molecule has 4 heteroatoms. The topological polar surface area (TPSA) is 49.7 Å². The Morgan fingerprint density at radius 1 is 1.31 bits per heavy atom. The van der Waals surface area contributed by atoms with Crippen LogP contribution in [0.1, 0.15) is 63.0 Å². The summed E-state index contributed by atoms with van der Waals surface area (Å²) < 4.78 is 5.63. The van der Waals surface area contributed by atoms with Crippen molar-refractivity contribution >= 4 is 17.3 Å². The Hall–Kier alpha value is -1.13. The minimum Gasteiger partial charge on any atom is -0.508 e. The summed E-state index contributed by atoms with van der Waals surface area (Å²) in [4.78, 5) is 0. The van der Waals surface area contributed by atoms with Crippen LogP contribution < -0.4 is 0 Å². The largest absolute Gasteiger partial charge is 0.508 e. The minimum atomic E-state index is -0.196.